The summed E-state index contributed by atoms with van der Waals surface area (Å²) in [6.07, 6.45) is 0. The van der Waals surface area contributed by atoms with Crippen molar-refractivity contribution >= 4 is 16.9 Å². The smallest absolute Gasteiger partial charge is 0.251 e. The van der Waals surface area contributed by atoms with Gasteiger partial charge >= 0.3 is 0 Å². The Hall–Kier alpha value is -3.60. The normalized spacial score (nSPS) is 10.8. The number of methoxy groups -OCH3 is 1. The molecule has 146 valence electrons. The molecule has 5 heteroatoms. The van der Waals surface area contributed by atoms with Gasteiger partial charge in [-0.05, 0) is 48.9 Å². The molecule has 4 rings (SSSR count). The molecule has 0 spiro atoms. The number of ether oxygens (including phenoxy) is 1. The molecule has 0 radical (unpaired) electrons. The van der Waals surface area contributed by atoms with Gasteiger partial charge in [-0.2, -0.15) is 0 Å². The molecule has 4 aromatic rings. The zero-order valence-corrected chi connectivity index (χ0v) is 16.6. The molecule has 29 heavy (non-hydrogen) atoms. The largest absolute Gasteiger partial charge is 0.497 e. The molecule has 0 aliphatic heterocycles. The maximum Gasteiger partial charge on any atom is 0.251 e. The summed E-state index contributed by atoms with van der Waals surface area (Å²) >= 11 is 0. The van der Waals surface area contributed by atoms with Gasteiger partial charge in [-0.15, -0.1) is 0 Å². The summed E-state index contributed by atoms with van der Waals surface area (Å²) in [6.45, 7) is 3.00. The van der Waals surface area contributed by atoms with Gasteiger partial charge in [0, 0.05) is 12.1 Å². The lowest BCUT2D eigenvalue weighted by Gasteiger charge is -2.11. The van der Waals surface area contributed by atoms with E-state index in [9.17, 15) is 4.79 Å². The second-order valence-electron chi connectivity index (χ2n) is 7.00. The molecule has 5 nitrogen and oxygen atoms in total. The van der Waals surface area contributed by atoms with Gasteiger partial charge < -0.3 is 14.6 Å². The minimum Gasteiger partial charge on any atom is -0.497 e. The fraction of sp³-hybridized carbons (Fsp3) is 0.167. The number of nitrogens with zero attached hydrogens (tertiary/aromatic N) is 2. The number of hydrogen-bond donors (Lipinski definition) is 1. The lowest BCUT2D eigenvalue weighted by molar-refractivity contribution is 0.0949. The summed E-state index contributed by atoms with van der Waals surface area (Å²) in [6, 6.07) is 23.6. The SMILES string of the molecule is COc1ccc(Cn2c(CNC(=O)c3cccc(C)c3)nc3ccccc32)cc1. The third-order valence-corrected chi connectivity index (χ3v) is 4.92. The van der Waals surface area contributed by atoms with Gasteiger partial charge in [0.15, 0.2) is 0 Å². The van der Waals surface area contributed by atoms with E-state index in [0.29, 0.717) is 18.7 Å². The van der Waals surface area contributed by atoms with Crippen LogP contribution in [0.5, 0.6) is 5.75 Å². The van der Waals surface area contributed by atoms with Crippen molar-refractivity contribution in [2.24, 2.45) is 0 Å². The number of fused-ring (bicyclic) bond motifs is 1. The number of nitrogens with one attached hydrogen (secondary N) is 1. The van der Waals surface area contributed by atoms with Gasteiger partial charge in [0.2, 0.25) is 0 Å². The topological polar surface area (TPSA) is 56.1 Å². The molecule has 0 saturated heterocycles. The first-order valence-electron chi connectivity index (χ1n) is 9.56. The van der Waals surface area contributed by atoms with Crippen molar-refractivity contribution in [2.75, 3.05) is 7.11 Å². The van der Waals surface area contributed by atoms with E-state index in [-0.39, 0.29) is 5.91 Å². The first-order valence-corrected chi connectivity index (χ1v) is 9.56. The number of rotatable bonds is 6. The Morgan fingerprint density at radius 2 is 1.83 bits per heavy atom. The first kappa shape index (κ1) is 18.7. The van der Waals surface area contributed by atoms with Gasteiger partial charge in [0.25, 0.3) is 5.91 Å². The molecule has 0 aliphatic carbocycles. The van der Waals surface area contributed by atoms with Crippen LogP contribution in [0.2, 0.25) is 0 Å². The maximum atomic E-state index is 12.6. The van der Waals surface area contributed by atoms with Crippen molar-refractivity contribution in [3.63, 3.8) is 0 Å². The molecular weight excluding hydrogens is 362 g/mol. The highest BCUT2D eigenvalue weighted by atomic mass is 16.5. The summed E-state index contributed by atoms with van der Waals surface area (Å²) in [7, 11) is 1.66. The van der Waals surface area contributed by atoms with Crippen LogP contribution in [0, 0.1) is 6.92 Å². The summed E-state index contributed by atoms with van der Waals surface area (Å²) in [5.41, 5.74) is 4.82. The quantitative estimate of drug-likeness (QED) is 0.537. The van der Waals surface area contributed by atoms with E-state index in [1.165, 1.54) is 0 Å². The Kier molecular flexibility index (Phi) is 5.29. The first-order chi connectivity index (χ1) is 14.1. The fourth-order valence-electron chi connectivity index (χ4n) is 3.40. The Morgan fingerprint density at radius 1 is 1.03 bits per heavy atom. The third kappa shape index (κ3) is 4.14. The van der Waals surface area contributed by atoms with Gasteiger partial charge in [-0.1, -0.05) is 42.0 Å². The highest BCUT2D eigenvalue weighted by Gasteiger charge is 2.13. The molecule has 0 aliphatic rings. The Bertz CT molecular complexity index is 1150. The summed E-state index contributed by atoms with van der Waals surface area (Å²) in [5.74, 6) is 1.55. The molecular formula is C24H23N3O2. The number of benzene rings is 3. The van der Waals surface area contributed by atoms with Crippen LogP contribution in [0.4, 0.5) is 0 Å². The highest BCUT2D eigenvalue weighted by molar-refractivity contribution is 5.94. The maximum absolute atomic E-state index is 12.6. The average Bonchev–Trinajstić information content (AvgIpc) is 3.10. The van der Waals surface area contributed by atoms with Crippen LogP contribution in [0.25, 0.3) is 11.0 Å². The highest BCUT2D eigenvalue weighted by Crippen LogP contribution is 2.19. The average molecular weight is 385 g/mol. The van der Waals surface area contributed by atoms with E-state index in [2.05, 4.69) is 16.0 Å². The molecule has 0 fully saturated rings. The number of carbonyl (C=O) groups excluding carboxylic acids is 1. The Balaban J connectivity index is 1.59. The summed E-state index contributed by atoms with van der Waals surface area (Å²) < 4.78 is 7.39. The zero-order chi connectivity index (χ0) is 20.2. The lowest BCUT2D eigenvalue weighted by Crippen LogP contribution is -2.25. The van der Waals surface area contributed by atoms with Crippen molar-refractivity contribution in [1.29, 1.82) is 0 Å². The van der Waals surface area contributed by atoms with E-state index in [1.807, 2.05) is 73.7 Å². The third-order valence-electron chi connectivity index (χ3n) is 4.92. The number of para-hydroxylation sites is 2. The van der Waals surface area contributed by atoms with Crippen LogP contribution in [-0.2, 0) is 13.1 Å². The Morgan fingerprint density at radius 3 is 2.59 bits per heavy atom. The predicted molar refractivity (Wildman–Crippen MR) is 114 cm³/mol. The van der Waals surface area contributed by atoms with E-state index >= 15 is 0 Å². The van der Waals surface area contributed by atoms with Gasteiger partial charge in [-0.3, -0.25) is 4.79 Å². The lowest BCUT2D eigenvalue weighted by atomic mass is 10.1. The number of imidazole rings is 1. The molecule has 0 unspecified atom stereocenters. The van der Waals surface area contributed by atoms with Gasteiger partial charge in [0.05, 0.1) is 24.7 Å². The number of hydrogen-bond acceptors (Lipinski definition) is 3. The van der Waals surface area contributed by atoms with Crippen LogP contribution in [0.15, 0.2) is 72.8 Å². The van der Waals surface area contributed by atoms with E-state index < -0.39 is 0 Å². The molecule has 1 heterocycles. The molecule has 0 saturated carbocycles. The summed E-state index contributed by atoms with van der Waals surface area (Å²) in [5, 5.41) is 3.01. The minimum absolute atomic E-state index is 0.100. The summed E-state index contributed by atoms with van der Waals surface area (Å²) in [4.78, 5) is 17.3. The molecule has 0 bridgehead atoms. The number of aryl methyl sites for hydroxylation is 1. The van der Waals surface area contributed by atoms with Crippen molar-refractivity contribution in [1.82, 2.24) is 14.9 Å². The van der Waals surface area contributed by atoms with Crippen LogP contribution in [-0.4, -0.2) is 22.6 Å². The number of aromatic nitrogens is 2. The monoisotopic (exact) mass is 385 g/mol. The number of amides is 1. The molecule has 0 atom stereocenters. The Labute approximate surface area is 170 Å². The molecule has 3 aromatic carbocycles. The number of carbonyl (C=O) groups is 1. The van der Waals surface area contributed by atoms with Crippen LogP contribution in [0.1, 0.15) is 27.3 Å². The van der Waals surface area contributed by atoms with E-state index in [0.717, 1.165) is 33.7 Å². The minimum atomic E-state index is -0.100. The predicted octanol–water partition coefficient (Wildman–Crippen LogP) is 4.33. The van der Waals surface area contributed by atoms with Crippen molar-refractivity contribution in [3.05, 3.63) is 95.3 Å². The molecule has 1 amide bonds. The van der Waals surface area contributed by atoms with E-state index in [4.69, 9.17) is 9.72 Å². The van der Waals surface area contributed by atoms with Crippen molar-refractivity contribution in [2.45, 2.75) is 20.0 Å². The second kappa shape index (κ2) is 8.19. The van der Waals surface area contributed by atoms with E-state index in [1.54, 1.807) is 7.11 Å². The standard InChI is InChI=1S/C24H23N3O2/c1-17-6-5-7-19(14-17)24(28)25-15-23-26-21-8-3-4-9-22(21)27(23)16-18-10-12-20(29-2)13-11-18/h3-14H,15-16H2,1-2H3,(H,25,28). The fourth-order valence-corrected chi connectivity index (χ4v) is 3.40. The molecule has 1 aromatic heterocycles. The van der Waals surface area contributed by atoms with Gasteiger partial charge in [0.1, 0.15) is 11.6 Å². The van der Waals surface area contributed by atoms with Crippen LogP contribution in [0.3, 0.4) is 0 Å². The second-order valence-corrected chi connectivity index (χ2v) is 7.00. The van der Waals surface area contributed by atoms with Crippen LogP contribution >= 0.6 is 0 Å². The van der Waals surface area contributed by atoms with Crippen molar-refractivity contribution in [3.8, 4) is 5.75 Å². The zero-order valence-electron chi connectivity index (χ0n) is 16.6. The van der Waals surface area contributed by atoms with Crippen LogP contribution < -0.4 is 10.1 Å². The van der Waals surface area contributed by atoms with Gasteiger partial charge in [-0.25, -0.2) is 4.98 Å². The molecule has 1 N–H and O–H groups in total. The van der Waals surface area contributed by atoms with Crippen molar-refractivity contribution < 1.29 is 9.53 Å².